The Bertz CT molecular complexity index is 861. The largest absolute Gasteiger partial charge is 0.357 e. The number of carbonyl (C=O) groups is 1. The molecule has 0 atom stereocenters. The van der Waals surface area contributed by atoms with Crippen molar-refractivity contribution in [1.29, 1.82) is 0 Å². The van der Waals surface area contributed by atoms with Gasteiger partial charge in [0.25, 0.3) is 5.91 Å². The van der Waals surface area contributed by atoms with E-state index in [2.05, 4.69) is 20.9 Å². The van der Waals surface area contributed by atoms with Crippen molar-refractivity contribution < 1.29 is 9.18 Å². The second-order valence-corrected chi connectivity index (χ2v) is 7.12. The molecule has 0 bridgehead atoms. The van der Waals surface area contributed by atoms with Crippen LogP contribution >= 0.6 is 0 Å². The van der Waals surface area contributed by atoms with Crippen LogP contribution in [0.1, 0.15) is 41.3 Å². The van der Waals surface area contributed by atoms with Crippen LogP contribution in [0.15, 0.2) is 53.5 Å². The quantitative estimate of drug-likeness (QED) is 0.510. The minimum absolute atomic E-state index is 0.0164. The third-order valence-corrected chi connectivity index (χ3v) is 5.06. The summed E-state index contributed by atoms with van der Waals surface area (Å²) in [5, 5.41) is 9.28. The van der Waals surface area contributed by atoms with Gasteiger partial charge in [-0.3, -0.25) is 4.79 Å². The fourth-order valence-electron chi connectivity index (χ4n) is 3.26. The van der Waals surface area contributed by atoms with Crippen LogP contribution < -0.4 is 16.0 Å². The first kappa shape index (κ1) is 19.9. The highest BCUT2D eigenvalue weighted by Crippen LogP contribution is 2.47. The minimum Gasteiger partial charge on any atom is -0.357 e. The molecule has 1 aliphatic carbocycles. The molecule has 0 unspecified atom stereocenters. The zero-order valence-electron chi connectivity index (χ0n) is 16.4. The molecule has 0 heterocycles. The molecule has 148 valence electrons. The van der Waals surface area contributed by atoms with E-state index in [-0.39, 0.29) is 17.1 Å². The normalized spacial score (nSPS) is 15.0. The highest BCUT2D eigenvalue weighted by Gasteiger charge is 2.44. The maximum absolute atomic E-state index is 13.6. The number of guanidine groups is 1. The summed E-state index contributed by atoms with van der Waals surface area (Å²) in [6.45, 7) is 3.94. The molecule has 0 aromatic heterocycles. The molecular weight excluding hydrogens is 355 g/mol. The van der Waals surface area contributed by atoms with Crippen molar-refractivity contribution >= 4 is 11.9 Å². The summed E-state index contributed by atoms with van der Waals surface area (Å²) in [7, 11) is 1.62. The van der Waals surface area contributed by atoms with Gasteiger partial charge in [0.05, 0.1) is 6.54 Å². The number of halogens is 1. The molecular formula is C22H27FN4O. The van der Waals surface area contributed by atoms with E-state index >= 15 is 0 Å². The monoisotopic (exact) mass is 382 g/mol. The molecule has 1 saturated carbocycles. The van der Waals surface area contributed by atoms with E-state index in [4.69, 9.17) is 0 Å². The zero-order chi connectivity index (χ0) is 20.0. The molecule has 3 rings (SSSR count). The SMILES string of the molecule is CCNC(=NCc1cccc(C(=O)NC)c1)NCC1(c2cccc(F)c2)CC1. The van der Waals surface area contributed by atoms with E-state index in [0.29, 0.717) is 18.7 Å². The molecule has 2 aromatic carbocycles. The highest BCUT2D eigenvalue weighted by atomic mass is 19.1. The van der Waals surface area contributed by atoms with E-state index in [1.54, 1.807) is 25.2 Å². The zero-order valence-corrected chi connectivity index (χ0v) is 16.4. The predicted molar refractivity (Wildman–Crippen MR) is 110 cm³/mol. The van der Waals surface area contributed by atoms with Crippen LogP contribution in [0, 0.1) is 5.82 Å². The number of hydrogen-bond donors (Lipinski definition) is 3. The Kier molecular flexibility index (Phi) is 6.29. The second kappa shape index (κ2) is 8.87. The molecule has 0 radical (unpaired) electrons. The van der Waals surface area contributed by atoms with Crippen molar-refractivity contribution in [2.45, 2.75) is 31.7 Å². The first-order valence-electron chi connectivity index (χ1n) is 9.65. The second-order valence-electron chi connectivity index (χ2n) is 7.12. The van der Waals surface area contributed by atoms with E-state index in [1.165, 1.54) is 6.07 Å². The summed E-state index contributed by atoms with van der Waals surface area (Å²) in [6.07, 6.45) is 2.08. The fraction of sp³-hybridized carbons (Fsp3) is 0.364. The van der Waals surface area contributed by atoms with Crippen LogP contribution in [0.25, 0.3) is 0 Å². The van der Waals surface area contributed by atoms with Crippen molar-refractivity contribution in [3.05, 3.63) is 71.0 Å². The Morgan fingerprint density at radius 1 is 1.14 bits per heavy atom. The lowest BCUT2D eigenvalue weighted by atomic mass is 9.96. The molecule has 5 nitrogen and oxygen atoms in total. The van der Waals surface area contributed by atoms with Gasteiger partial charge in [0.1, 0.15) is 5.82 Å². The van der Waals surface area contributed by atoms with Crippen molar-refractivity contribution in [3.8, 4) is 0 Å². The van der Waals surface area contributed by atoms with Gasteiger partial charge in [0.15, 0.2) is 5.96 Å². The van der Waals surface area contributed by atoms with Gasteiger partial charge in [0.2, 0.25) is 0 Å². The van der Waals surface area contributed by atoms with Crippen LogP contribution in [0.2, 0.25) is 0 Å². The Morgan fingerprint density at radius 2 is 1.93 bits per heavy atom. The lowest BCUT2D eigenvalue weighted by Gasteiger charge is -2.19. The summed E-state index contributed by atoms with van der Waals surface area (Å²) >= 11 is 0. The summed E-state index contributed by atoms with van der Waals surface area (Å²) in [5.74, 6) is 0.414. The van der Waals surface area contributed by atoms with Crippen LogP contribution in [0.3, 0.4) is 0 Å². The van der Waals surface area contributed by atoms with Gasteiger partial charge in [-0.2, -0.15) is 0 Å². The first-order chi connectivity index (χ1) is 13.6. The predicted octanol–water partition coefficient (Wildman–Crippen LogP) is 2.97. The summed E-state index contributed by atoms with van der Waals surface area (Å²) in [6, 6.07) is 14.3. The van der Waals surface area contributed by atoms with E-state index in [0.717, 1.165) is 36.5 Å². The maximum atomic E-state index is 13.6. The average molecular weight is 382 g/mol. The van der Waals surface area contributed by atoms with E-state index < -0.39 is 0 Å². The van der Waals surface area contributed by atoms with Crippen molar-refractivity contribution in [2.24, 2.45) is 4.99 Å². The van der Waals surface area contributed by atoms with Crippen molar-refractivity contribution in [2.75, 3.05) is 20.1 Å². The third-order valence-electron chi connectivity index (χ3n) is 5.06. The molecule has 0 spiro atoms. The number of benzene rings is 2. The van der Waals surface area contributed by atoms with Crippen LogP contribution in [0.5, 0.6) is 0 Å². The molecule has 2 aromatic rings. The third kappa shape index (κ3) is 4.88. The summed E-state index contributed by atoms with van der Waals surface area (Å²) in [5.41, 5.74) is 2.60. The van der Waals surface area contributed by atoms with Gasteiger partial charge >= 0.3 is 0 Å². The van der Waals surface area contributed by atoms with Gasteiger partial charge in [0, 0.05) is 31.1 Å². The Hall–Kier alpha value is -2.89. The van der Waals surface area contributed by atoms with Crippen molar-refractivity contribution in [3.63, 3.8) is 0 Å². The molecule has 6 heteroatoms. The summed E-state index contributed by atoms with van der Waals surface area (Å²) < 4.78 is 13.6. The van der Waals surface area contributed by atoms with Gasteiger partial charge in [-0.05, 0) is 55.2 Å². The average Bonchev–Trinajstić information content (AvgIpc) is 3.51. The van der Waals surface area contributed by atoms with Crippen LogP contribution in [-0.2, 0) is 12.0 Å². The molecule has 3 N–H and O–H groups in total. The van der Waals surface area contributed by atoms with Gasteiger partial charge < -0.3 is 16.0 Å². The number of rotatable bonds is 7. The summed E-state index contributed by atoms with van der Waals surface area (Å²) in [4.78, 5) is 16.4. The number of hydrogen-bond acceptors (Lipinski definition) is 2. The van der Waals surface area contributed by atoms with Crippen LogP contribution in [0.4, 0.5) is 4.39 Å². The maximum Gasteiger partial charge on any atom is 0.251 e. The van der Waals surface area contributed by atoms with Gasteiger partial charge in [-0.15, -0.1) is 0 Å². The van der Waals surface area contributed by atoms with Gasteiger partial charge in [-0.25, -0.2) is 9.38 Å². The lowest BCUT2D eigenvalue weighted by Crippen LogP contribution is -2.41. The van der Waals surface area contributed by atoms with E-state index in [1.807, 2.05) is 31.2 Å². The standard InChI is InChI=1S/C22H27FN4O/c1-3-25-21(26-14-16-6-4-7-17(12-16)20(28)24-2)27-15-22(10-11-22)18-8-5-9-19(23)13-18/h4-9,12-13H,3,10-11,14-15H2,1-2H3,(H,24,28)(H2,25,26,27). The topological polar surface area (TPSA) is 65.5 Å². The minimum atomic E-state index is -0.194. The molecule has 1 amide bonds. The Labute approximate surface area is 165 Å². The van der Waals surface area contributed by atoms with Crippen LogP contribution in [-0.4, -0.2) is 32.0 Å². The molecule has 1 aliphatic rings. The number of amides is 1. The lowest BCUT2D eigenvalue weighted by molar-refractivity contribution is 0.0963. The molecule has 28 heavy (non-hydrogen) atoms. The van der Waals surface area contributed by atoms with Gasteiger partial charge in [-0.1, -0.05) is 24.3 Å². The van der Waals surface area contributed by atoms with Crippen molar-refractivity contribution in [1.82, 2.24) is 16.0 Å². The number of carbonyl (C=O) groups excluding carboxylic acids is 1. The highest BCUT2D eigenvalue weighted by molar-refractivity contribution is 5.94. The Balaban J connectivity index is 1.66. The number of nitrogens with zero attached hydrogens (tertiary/aromatic N) is 1. The molecule has 0 aliphatic heterocycles. The fourth-order valence-corrected chi connectivity index (χ4v) is 3.26. The Morgan fingerprint density at radius 3 is 2.61 bits per heavy atom. The first-order valence-corrected chi connectivity index (χ1v) is 9.65. The molecule has 0 saturated heterocycles. The number of nitrogens with one attached hydrogen (secondary N) is 3. The van der Waals surface area contributed by atoms with E-state index in [9.17, 15) is 9.18 Å². The smallest absolute Gasteiger partial charge is 0.251 e. The number of aliphatic imine (C=N–C) groups is 1. The molecule has 1 fully saturated rings.